The lowest BCUT2D eigenvalue weighted by atomic mass is 10.1. The lowest BCUT2D eigenvalue weighted by molar-refractivity contribution is 0.102. The molecule has 25 heavy (non-hydrogen) atoms. The van der Waals surface area contributed by atoms with Crippen molar-refractivity contribution in [1.29, 1.82) is 0 Å². The van der Waals surface area contributed by atoms with Crippen LogP contribution in [0.2, 0.25) is 0 Å². The van der Waals surface area contributed by atoms with Gasteiger partial charge in [-0.25, -0.2) is 4.39 Å². The van der Waals surface area contributed by atoms with E-state index in [1.165, 1.54) is 6.07 Å². The largest absolute Gasteiger partial charge is 0.489 e. The summed E-state index contributed by atoms with van der Waals surface area (Å²) < 4.78 is 19.7. The van der Waals surface area contributed by atoms with E-state index in [1.54, 1.807) is 31.2 Å². The number of benzene rings is 3. The summed E-state index contributed by atoms with van der Waals surface area (Å²) >= 11 is 0. The number of hydrogen-bond acceptors (Lipinski definition) is 2. The van der Waals surface area contributed by atoms with E-state index < -0.39 is 5.82 Å². The highest BCUT2D eigenvalue weighted by Crippen LogP contribution is 2.19. The van der Waals surface area contributed by atoms with Crippen molar-refractivity contribution in [3.8, 4) is 5.75 Å². The van der Waals surface area contributed by atoms with Crippen molar-refractivity contribution >= 4 is 11.6 Å². The fourth-order valence-corrected chi connectivity index (χ4v) is 2.46. The molecule has 0 aliphatic carbocycles. The van der Waals surface area contributed by atoms with Gasteiger partial charge in [-0.2, -0.15) is 0 Å². The van der Waals surface area contributed by atoms with E-state index >= 15 is 0 Å². The third kappa shape index (κ3) is 4.23. The summed E-state index contributed by atoms with van der Waals surface area (Å²) in [6.07, 6.45) is 0. The summed E-state index contributed by atoms with van der Waals surface area (Å²) in [5, 5.41) is 2.62. The second kappa shape index (κ2) is 7.62. The maximum absolute atomic E-state index is 14.0. The molecule has 3 rings (SSSR count). The number of ether oxygens (including phenoxy) is 1. The van der Waals surface area contributed by atoms with E-state index in [9.17, 15) is 9.18 Å². The molecule has 1 N–H and O–H groups in total. The number of para-hydroxylation sites is 1. The minimum absolute atomic E-state index is 0.161. The Morgan fingerprint density at radius 1 is 1.00 bits per heavy atom. The quantitative estimate of drug-likeness (QED) is 0.715. The Hall–Kier alpha value is -3.14. The van der Waals surface area contributed by atoms with Crippen LogP contribution in [0, 0.1) is 12.7 Å². The molecule has 4 heteroatoms. The van der Waals surface area contributed by atoms with E-state index in [-0.39, 0.29) is 18.2 Å². The molecule has 0 heterocycles. The van der Waals surface area contributed by atoms with Crippen LogP contribution in [0.3, 0.4) is 0 Å². The molecule has 0 aromatic heterocycles. The third-order valence-electron chi connectivity index (χ3n) is 3.77. The van der Waals surface area contributed by atoms with Crippen LogP contribution in [0.4, 0.5) is 10.1 Å². The van der Waals surface area contributed by atoms with Crippen molar-refractivity contribution in [3.63, 3.8) is 0 Å². The van der Waals surface area contributed by atoms with Crippen molar-refractivity contribution in [1.82, 2.24) is 0 Å². The number of anilines is 1. The van der Waals surface area contributed by atoms with E-state index in [0.29, 0.717) is 5.56 Å². The molecule has 1 amide bonds. The van der Waals surface area contributed by atoms with Crippen LogP contribution in [-0.4, -0.2) is 5.91 Å². The predicted octanol–water partition coefficient (Wildman–Crippen LogP) is 4.97. The van der Waals surface area contributed by atoms with E-state index in [4.69, 9.17) is 4.74 Å². The molecule has 0 radical (unpaired) electrons. The van der Waals surface area contributed by atoms with E-state index in [2.05, 4.69) is 5.32 Å². The standard InChI is InChI=1S/C21H18FNO2/c1-15-11-12-20(19(22)13-15)23-21(24)18-10-6-5-7-16(18)14-25-17-8-3-2-4-9-17/h2-13H,14H2,1H3,(H,23,24). The Balaban J connectivity index is 1.76. The van der Waals surface area contributed by atoms with Crippen molar-refractivity contribution in [2.24, 2.45) is 0 Å². The minimum atomic E-state index is -0.452. The summed E-state index contributed by atoms with van der Waals surface area (Å²) in [6.45, 7) is 2.05. The van der Waals surface area contributed by atoms with Gasteiger partial charge in [-0.3, -0.25) is 4.79 Å². The second-order valence-electron chi connectivity index (χ2n) is 5.70. The molecule has 0 saturated carbocycles. The fourth-order valence-electron chi connectivity index (χ4n) is 2.46. The molecule has 3 aromatic rings. The molecule has 0 saturated heterocycles. The van der Waals surface area contributed by atoms with E-state index in [0.717, 1.165) is 16.9 Å². The van der Waals surface area contributed by atoms with Crippen LogP contribution >= 0.6 is 0 Å². The Bertz CT molecular complexity index is 878. The van der Waals surface area contributed by atoms with Crippen LogP contribution in [0.15, 0.2) is 72.8 Å². The summed E-state index contributed by atoms with van der Waals surface area (Å²) in [5.74, 6) is -0.0938. The first-order valence-electron chi connectivity index (χ1n) is 7.97. The lowest BCUT2D eigenvalue weighted by Crippen LogP contribution is -2.16. The van der Waals surface area contributed by atoms with Gasteiger partial charge in [0.1, 0.15) is 18.2 Å². The topological polar surface area (TPSA) is 38.3 Å². The fraction of sp³-hybridized carbons (Fsp3) is 0.0952. The molecule has 0 bridgehead atoms. The summed E-state index contributed by atoms with van der Waals surface area (Å²) in [7, 11) is 0. The monoisotopic (exact) mass is 335 g/mol. The zero-order chi connectivity index (χ0) is 17.6. The Morgan fingerprint density at radius 3 is 2.48 bits per heavy atom. The molecule has 0 aliphatic heterocycles. The number of aryl methyl sites for hydroxylation is 1. The zero-order valence-corrected chi connectivity index (χ0v) is 13.8. The van der Waals surface area contributed by atoms with Crippen molar-refractivity contribution in [2.75, 3.05) is 5.32 Å². The number of rotatable bonds is 5. The summed E-state index contributed by atoms with van der Waals surface area (Å²) in [6, 6.07) is 21.2. The number of carbonyl (C=O) groups excluding carboxylic acids is 1. The highest BCUT2D eigenvalue weighted by Gasteiger charge is 2.13. The van der Waals surface area contributed by atoms with Crippen LogP contribution in [-0.2, 0) is 6.61 Å². The van der Waals surface area contributed by atoms with Gasteiger partial charge in [-0.1, -0.05) is 42.5 Å². The average Bonchev–Trinajstić information content (AvgIpc) is 2.63. The molecular weight excluding hydrogens is 317 g/mol. The number of nitrogens with one attached hydrogen (secondary N) is 1. The van der Waals surface area contributed by atoms with Gasteiger partial charge in [0.05, 0.1) is 5.69 Å². The van der Waals surface area contributed by atoms with Crippen LogP contribution in [0.1, 0.15) is 21.5 Å². The Kier molecular flexibility index (Phi) is 5.09. The molecule has 0 spiro atoms. The van der Waals surface area contributed by atoms with E-state index in [1.807, 2.05) is 42.5 Å². The maximum Gasteiger partial charge on any atom is 0.256 e. The molecule has 3 nitrogen and oxygen atoms in total. The predicted molar refractivity (Wildman–Crippen MR) is 96.3 cm³/mol. The minimum Gasteiger partial charge on any atom is -0.489 e. The van der Waals surface area contributed by atoms with Gasteiger partial charge < -0.3 is 10.1 Å². The van der Waals surface area contributed by atoms with Gasteiger partial charge in [0.15, 0.2) is 0 Å². The number of hydrogen-bond donors (Lipinski definition) is 1. The van der Waals surface area contributed by atoms with Crippen molar-refractivity contribution < 1.29 is 13.9 Å². The molecule has 0 fully saturated rings. The van der Waals surface area contributed by atoms with Gasteiger partial charge in [-0.15, -0.1) is 0 Å². The van der Waals surface area contributed by atoms with Crippen LogP contribution < -0.4 is 10.1 Å². The third-order valence-corrected chi connectivity index (χ3v) is 3.77. The zero-order valence-electron chi connectivity index (χ0n) is 13.8. The van der Waals surface area contributed by atoms with Gasteiger partial charge in [0.2, 0.25) is 0 Å². The molecular formula is C21H18FNO2. The van der Waals surface area contributed by atoms with Gasteiger partial charge in [-0.05, 0) is 42.8 Å². The first-order valence-corrected chi connectivity index (χ1v) is 7.97. The normalized spacial score (nSPS) is 10.3. The number of carbonyl (C=O) groups is 1. The first-order chi connectivity index (χ1) is 12.1. The summed E-state index contributed by atoms with van der Waals surface area (Å²) in [4.78, 5) is 12.6. The van der Waals surface area contributed by atoms with Crippen LogP contribution in [0.25, 0.3) is 0 Å². The SMILES string of the molecule is Cc1ccc(NC(=O)c2ccccc2COc2ccccc2)c(F)c1. The van der Waals surface area contributed by atoms with Gasteiger partial charge >= 0.3 is 0 Å². The van der Waals surface area contributed by atoms with Crippen molar-refractivity contribution in [2.45, 2.75) is 13.5 Å². The highest BCUT2D eigenvalue weighted by atomic mass is 19.1. The molecule has 3 aromatic carbocycles. The molecule has 0 aliphatic rings. The van der Waals surface area contributed by atoms with Gasteiger partial charge in [0, 0.05) is 11.1 Å². The Morgan fingerprint density at radius 2 is 1.72 bits per heavy atom. The molecule has 126 valence electrons. The first kappa shape index (κ1) is 16.7. The molecule has 0 unspecified atom stereocenters. The van der Waals surface area contributed by atoms with Gasteiger partial charge in [0.25, 0.3) is 5.91 Å². The number of amides is 1. The van der Waals surface area contributed by atoms with Crippen molar-refractivity contribution in [3.05, 3.63) is 95.3 Å². The lowest BCUT2D eigenvalue weighted by Gasteiger charge is -2.12. The second-order valence-corrected chi connectivity index (χ2v) is 5.70. The summed E-state index contributed by atoms with van der Waals surface area (Å²) in [5.41, 5.74) is 2.15. The smallest absolute Gasteiger partial charge is 0.256 e. The average molecular weight is 335 g/mol. The maximum atomic E-state index is 14.0. The Labute approximate surface area is 146 Å². The molecule has 0 atom stereocenters. The van der Waals surface area contributed by atoms with Crippen LogP contribution in [0.5, 0.6) is 5.75 Å². The number of halogens is 1. The highest BCUT2D eigenvalue weighted by molar-refractivity contribution is 6.05.